The minimum atomic E-state index is 0.422. The van der Waals surface area contributed by atoms with Gasteiger partial charge in [0.15, 0.2) is 5.82 Å². The molecule has 0 bridgehead atoms. The molecule has 0 aliphatic carbocycles. The van der Waals surface area contributed by atoms with Crippen LogP contribution < -0.4 is 5.73 Å². The number of nitrogens with two attached hydrogens (primary N) is 1. The number of aryl methyl sites for hydroxylation is 2. The smallest absolute Gasteiger partial charge is 0.150 e. The van der Waals surface area contributed by atoms with Crippen LogP contribution in [0.1, 0.15) is 36.6 Å². The van der Waals surface area contributed by atoms with Crippen molar-refractivity contribution in [1.82, 2.24) is 14.8 Å². The average Bonchev–Trinajstić information content (AvgIpc) is 2.81. The zero-order valence-corrected chi connectivity index (χ0v) is 12.1. The maximum atomic E-state index is 5.65. The standard InChI is InChI=1S/C14H18N4S/c1-3-12-16-13(4-2)18(17-12)9-10-6-5-7-11(8-10)14(15)19/h5-8H,3-4,9H2,1-2H3,(H2,15,19). The predicted molar refractivity (Wildman–Crippen MR) is 80.2 cm³/mol. The molecule has 0 spiro atoms. The van der Waals surface area contributed by atoms with Gasteiger partial charge in [-0.15, -0.1) is 0 Å². The van der Waals surface area contributed by atoms with Gasteiger partial charge in [-0.3, -0.25) is 0 Å². The molecule has 19 heavy (non-hydrogen) atoms. The van der Waals surface area contributed by atoms with Crippen molar-refractivity contribution in [1.29, 1.82) is 0 Å². The Balaban J connectivity index is 2.27. The third-order valence-corrected chi connectivity index (χ3v) is 3.20. The summed E-state index contributed by atoms with van der Waals surface area (Å²) in [4.78, 5) is 4.92. The van der Waals surface area contributed by atoms with Crippen LogP contribution in [0.4, 0.5) is 0 Å². The highest BCUT2D eigenvalue weighted by molar-refractivity contribution is 7.80. The normalized spacial score (nSPS) is 10.6. The molecule has 0 aliphatic rings. The molecular weight excluding hydrogens is 256 g/mol. The summed E-state index contributed by atoms with van der Waals surface area (Å²) in [5.74, 6) is 1.90. The van der Waals surface area contributed by atoms with E-state index in [0.717, 1.165) is 35.6 Å². The van der Waals surface area contributed by atoms with E-state index in [1.54, 1.807) is 0 Å². The van der Waals surface area contributed by atoms with Gasteiger partial charge < -0.3 is 5.73 Å². The highest BCUT2D eigenvalue weighted by Gasteiger charge is 2.08. The lowest BCUT2D eigenvalue weighted by Crippen LogP contribution is -2.11. The van der Waals surface area contributed by atoms with Crippen LogP contribution in [0.15, 0.2) is 24.3 Å². The van der Waals surface area contributed by atoms with Crippen molar-refractivity contribution in [2.24, 2.45) is 5.73 Å². The first-order chi connectivity index (χ1) is 9.13. The summed E-state index contributed by atoms with van der Waals surface area (Å²) in [6.07, 6.45) is 1.73. The van der Waals surface area contributed by atoms with Crippen molar-refractivity contribution in [2.45, 2.75) is 33.2 Å². The van der Waals surface area contributed by atoms with Gasteiger partial charge in [-0.05, 0) is 11.6 Å². The lowest BCUT2D eigenvalue weighted by atomic mass is 10.1. The van der Waals surface area contributed by atoms with Crippen LogP contribution in [-0.2, 0) is 19.4 Å². The van der Waals surface area contributed by atoms with E-state index in [2.05, 4.69) is 30.0 Å². The highest BCUT2D eigenvalue weighted by atomic mass is 32.1. The maximum Gasteiger partial charge on any atom is 0.150 e. The molecule has 1 aromatic heterocycles. The molecule has 2 N–H and O–H groups in total. The van der Waals surface area contributed by atoms with E-state index < -0.39 is 0 Å². The minimum absolute atomic E-state index is 0.422. The largest absolute Gasteiger partial charge is 0.389 e. The molecule has 5 heteroatoms. The summed E-state index contributed by atoms with van der Waals surface area (Å²) in [5, 5.41) is 4.51. The van der Waals surface area contributed by atoms with Gasteiger partial charge in [0.25, 0.3) is 0 Å². The maximum absolute atomic E-state index is 5.65. The van der Waals surface area contributed by atoms with E-state index in [0.29, 0.717) is 11.5 Å². The van der Waals surface area contributed by atoms with E-state index >= 15 is 0 Å². The number of benzene rings is 1. The number of aromatic nitrogens is 3. The molecule has 1 aromatic carbocycles. The lowest BCUT2D eigenvalue weighted by molar-refractivity contribution is 0.637. The van der Waals surface area contributed by atoms with E-state index in [4.69, 9.17) is 18.0 Å². The molecule has 2 aromatic rings. The van der Waals surface area contributed by atoms with Gasteiger partial charge in [0.1, 0.15) is 10.8 Å². The first kappa shape index (κ1) is 13.7. The fourth-order valence-corrected chi connectivity index (χ4v) is 2.09. The predicted octanol–water partition coefficient (Wildman–Crippen LogP) is 2.09. The zero-order chi connectivity index (χ0) is 13.8. The van der Waals surface area contributed by atoms with Crippen LogP contribution in [0, 0.1) is 0 Å². The second-order valence-electron chi connectivity index (χ2n) is 4.37. The Bertz CT molecular complexity index is 589. The lowest BCUT2D eigenvalue weighted by Gasteiger charge is -2.06. The third-order valence-electron chi connectivity index (χ3n) is 2.97. The van der Waals surface area contributed by atoms with Gasteiger partial charge in [-0.25, -0.2) is 9.67 Å². The Labute approximate surface area is 118 Å². The quantitative estimate of drug-likeness (QED) is 0.848. The Kier molecular flexibility index (Phi) is 4.27. The summed E-state index contributed by atoms with van der Waals surface area (Å²) >= 11 is 5.00. The van der Waals surface area contributed by atoms with Crippen LogP contribution >= 0.6 is 12.2 Å². The molecule has 0 amide bonds. The van der Waals surface area contributed by atoms with E-state index in [9.17, 15) is 0 Å². The van der Waals surface area contributed by atoms with Crippen molar-refractivity contribution in [3.05, 3.63) is 47.0 Å². The van der Waals surface area contributed by atoms with Crippen LogP contribution in [0.2, 0.25) is 0 Å². The van der Waals surface area contributed by atoms with E-state index in [1.165, 1.54) is 0 Å². The number of hydrogen-bond acceptors (Lipinski definition) is 3. The average molecular weight is 274 g/mol. The fourth-order valence-electron chi connectivity index (χ4n) is 1.96. The van der Waals surface area contributed by atoms with E-state index in [1.807, 2.05) is 22.9 Å². The number of rotatable bonds is 5. The SMILES string of the molecule is CCc1nc(CC)n(Cc2cccc(C(N)=S)c2)n1. The van der Waals surface area contributed by atoms with Crippen molar-refractivity contribution >= 4 is 17.2 Å². The van der Waals surface area contributed by atoms with Gasteiger partial charge >= 0.3 is 0 Å². The van der Waals surface area contributed by atoms with Crippen molar-refractivity contribution in [3.8, 4) is 0 Å². The second-order valence-corrected chi connectivity index (χ2v) is 4.81. The molecule has 100 valence electrons. The van der Waals surface area contributed by atoms with Crippen LogP contribution in [-0.4, -0.2) is 19.8 Å². The Morgan fingerprint density at radius 1 is 1.32 bits per heavy atom. The molecule has 0 fully saturated rings. The summed E-state index contributed by atoms with van der Waals surface area (Å²) in [6, 6.07) is 7.95. The topological polar surface area (TPSA) is 56.7 Å². The van der Waals surface area contributed by atoms with Crippen molar-refractivity contribution in [3.63, 3.8) is 0 Å². The van der Waals surface area contributed by atoms with Gasteiger partial charge in [0.2, 0.25) is 0 Å². The Hall–Kier alpha value is -1.75. The molecule has 0 atom stereocenters. The number of nitrogens with zero attached hydrogens (tertiary/aromatic N) is 3. The van der Waals surface area contributed by atoms with Gasteiger partial charge in [-0.2, -0.15) is 5.10 Å². The number of hydrogen-bond donors (Lipinski definition) is 1. The van der Waals surface area contributed by atoms with Crippen LogP contribution in [0.3, 0.4) is 0 Å². The summed E-state index contributed by atoms with van der Waals surface area (Å²) < 4.78 is 1.96. The summed E-state index contributed by atoms with van der Waals surface area (Å²) in [6.45, 7) is 4.85. The summed E-state index contributed by atoms with van der Waals surface area (Å²) in [5.41, 5.74) is 7.68. The molecule has 4 nitrogen and oxygen atoms in total. The monoisotopic (exact) mass is 274 g/mol. The van der Waals surface area contributed by atoms with Crippen LogP contribution in [0.25, 0.3) is 0 Å². The minimum Gasteiger partial charge on any atom is -0.389 e. The van der Waals surface area contributed by atoms with Gasteiger partial charge in [-0.1, -0.05) is 44.3 Å². The van der Waals surface area contributed by atoms with Crippen LogP contribution in [0.5, 0.6) is 0 Å². The van der Waals surface area contributed by atoms with Crippen molar-refractivity contribution < 1.29 is 0 Å². The second kappa shape index (κ2) is 5.93. The van der Waals surface area contributed by atoms with Gasteiger partial charge in [0.05, 0.1) is 6.54 Å². The molecule has 0 saturated heterocycles. The highest BCUT2D eigenvalue weighted by Crippen LogP contribution is 2.09. The molecule has 0 radical (unpaired) electrons. The Morgan fingerprint density at radius 2 is 2.11 bits per heavy atom. The molecule has 2 rings (SSSR count). The van der Waals surface area contributed by atoms with E-state index in [-0.39, 0.29) is 0 Å². The zero-order valence-electron chi connectivity index (χ0n) is 11.3. The van der Waals surface area contributed by atoms with Gasteiger partial charge in [0, 0.05) is 18.4 Å². The first-order valence-corrected chi connectivity index (χ1v) is 6.86. The molecule has 0 aliphatic heterocycles. The molecule has 0 unspecified atom stereocenters. The Morgan fingerprint density at radius 3 is 2.74 bits per heavy atom. The van der Waals surface area contributed by atoms with Crippen molar-refractivity contribution in [2.75, 3.05) is 0 Å². The molecule has 0 saturated carbocycles. The first-order valence-electron chi connectivity index (χ1n) is 6.45. The fraction of sp³-hybridized carbons (Fsp3) is 0.357. The molecule has 1 heterocycles. The third kappa shape index (κ3) is 3.17. The molecular formula is C14H18N4S. The number of thiocarbonyl (C=S) groups is 1. The summed E-state index contributed by atoms with van der Waals surface area (Å²) in [7, 11) is 0.